The summed E-state index contributed by atoms with van der Waals surface area (Å²) < 4.78 is 58.6. The summed E-state index contributed by atoms with van der Waals surface area (Å²) in [6.45, 7) is 0.199. The summed E-state index contributed by atoms with van der Waals surface area (Å²) in [7, 11) is -2.48. The number of hydrogen-bond acceptors (Lipinski definition) is 4. The molecule has 0 fully saturated rings. The number of halogens is 2. The summed E-state index contributed by atoms with van der Waals surface area (Å²) in [6, 6.07) is 8.24. The Balaban J connectivity index is 2.17. The molecule has 0 spiro atoms. The van der Waals surface area contributed by atoms with E-state index >= 15 is 0 Å². The molecule has 0 saturated carbocycles. The van der Waals surface area contributed by atoms with Gasteiger partial charge < -0.3 is 10.1 Å². The summed E-state index contributed by atoms with van der Waals surface area (Å²) in [5, 5.41) is 2.21. The molecular formula is C16H16F2N2O4S. The zero-order chi connectivity index (χ0) is 18.4. The summed E-state index contributed by atoms with van der Waals surface area (Å²) >= 11 is 0. The third-order valence-electron chi connectivity index (χ3n) is 3.22. The fraction of sp³-hybridized carbons (Fsp3) is 0.188. The molecule has 0 bridgehead atoms. The van der Waals surface area contributed by atoms with E-state index in [1.807, 2.05) is 0 Å². The quantitative estimate of drug-likeness (QED) is 0.732. The molecular weight excluding hydrogens is 354 g/mol. The highest BCUT2D eigenvalue weighted by atomic mass is 32.2. The van der Waals surface area contributed by atoms with Crippen molar-refractivity contribution in [1.29, 1.82) is 0 Å². The predicted molar refractivity (Wildman–Crippen MR) is 87.8 cm³/mol. The van der Waals surface area contributed by atoms with Crippen LogP contribution in [0.3, 0.4) is 0 Å². The van der Waals surface area contributed by atoms with E-state index in [2.05, 4.69) is 10.0 Å². The zero-order valence-electron chi connectivity index (χ0n) is 13.3. The lowest BCUT2D eigenvalue weighted by molar-refractivity contribution is 0.102. The molecule has 2 aromatic rings. The molecule has 0 aliphatic rings. The number of rotatable bonds is 7. The normalized spacial score (nSPS) is 11.3. The first-order chi connectivity index (χ1) is 11.8. The van der Waals surface area contributed by atoms with Gasteiger partial charge in [-0.3, -0.25) is 4.79 Å². The summed E-state index contributed by atoms with van der Waals surface area (Å²) in [5.74, 6) is -2.55. The van der Waals surface area contributed by atoms with E-state index in [1.165, 1.54) is 25.3 Å². The van der Waals surface area contributed by atoms with Gasteiger partial charge in [0, 0.05) is 13.7 Å². The predicted octanol–water partition coefficient (Wildman–Crippen LogP) is 2.14. The van der Waals surface area contributed by atoms with Gasteiger partial charge in [0.2, 0.25) is 10.0 Å². The Morgan fingerprint density at radius 2 is 1.84 bits per heavy atom. The fourth-order valence-corrected chi connectivity index (χ4v) is 2.99. The van der Waals surface area contributed by atoms with Crippen molar-refractivity contribution in [2.24, 2.45) is 0 Å². The Labute approximate surface area is 143 Å². The van der Waals surface area contributed by atoms with Gasteiger partial charge in [-0.05, 0) is 30.3 Å². The average Bonchev–Trinajstić information content (AvgIpc) is 2.57. The van der Waals surface area contributed by atoms with Crippen molar-refractivity contribution in [2.75, 3.05) is 25.6 Å². The van der Waals surface area contributed by atoms with Gasteiger partial charge in [-0.1, -0.05) is 12.1 Å². The van der Waals surface area contributed by atoms with Crippen LogP contribution >= 0.6 is 0 Å². The van der Waals surface area contributed by atoms with Crippen molar-refractivity contribution in [3.63, 3.8) is 0 Å². The summed E-state index contributed by atoms with van der Waals surface area (Å²) in [6.07, 6.45) is 0. The number of benzene rings is 2. The van der Waals surface area contributed by atoms with Gasteiger partial charge in [0.25, 0.3) is 5.91 Å². The number of nitrogens with one attached hydrogen (secondary N) is 2. The number of carbonyl (C=O) groups is 1. The molecule has 0 atom stereocenters. The van der Waals surface area contributed by atoms with Gasteiger partial charge in [0.15, 0.2) is 0 Å². The second-order valence-corrected chi connectivity index (χ2v) is 6.73. The minimum absolute atomic E-state index is 0.0340. The van der Waals surface area contributed by atoms with Crippen LogP contribution in [0.2, 0.25) is 0 Å². The van der Waals surface area contributed by atoms with Gasteiger partial charge in [-0.15, -0.1) is 0 Å². The smallest absolute Gasteiger partial charge is 0.258 e. The van der Waals surface area contributed by atoms with Crippen LogP contribution < -0.4 is 10.0 Å². The number of hydrogen-bond donors (Lipinski definition) is 2. The lowest BCUT2D eigenvalue weighted by Crippen LogP contribution is -2.27. The van der Waals surface area contributed by atoms with Crippen LogP contribution in [0, 0.1) is 11.6 Å². The highest BCUT2D eigenvalue weighted by molar-refractivity contribution is 7.89. The second kappa shape index (κ2) is 8.15. The number of carbonyl (C=O) groups excluding carboxylic acids is 1. The number of methoxy groups -OCH3 is 1. The maximum atomic E-state index is 14.1. The Morgan fingerprint density at radius 3 is 2.48 bits per heavy atom. The molecule has 0 aromatic heterocycles. The van der Waals surface area contributed by atoms with Crippen molar-refractivity contribution in [3.8, 4) is 0 Å². The maximum Gasteiger partial charge on any atom is 0.258 e. The standard InChI is InChI=1S/C16H16F2N2O4S/c1-24-9-8-19-25(22,23)11-6-7-15(14(18)10-11)20-16(21)12-4-2-3-5-13(12)17/h2-7,10,19H,8-9H2,1H3,(H,20,21). The third-order valence-corrected chi connectivity index (χ3v) is 4.67. The molecule has 25 heavy (non-hydrogen) atoms. The van der Waals surface area contributed by atoms with Crippen molar-refractivity contribution in [2.45, 2.75) is 4.90 Å². The maximum absolute atomic E-state index is 14.1. The Kier molecular flexibility index (Phi) is 6.18. The van der Waals surface area contributed by atoms with E-state index in [0.29, 0.717) is 0 Å². The number of amides is 1. The summed E-state index contributed by atoms with van der Waals surface area (Å²) in [5.41, 5.74) is -0.510. The van der Waals surface area contributed by atoms with Crippen molar-refractivity contribution >= 4 is 21.6 Å². The zero-order valence-corrected chi connectivity index (χ0v) is 14.1. The molecule has 2 rings (SSSR count). The highest BCUT2D eigenvalue weighted by Crippen LogP contribution is 2.20. The van der Waals surface area contributed by atoms with Crippen LogP contribution in [-0.2, 0) is 14.8 Å². The molecule has 0 heterocycles. The lowest BCUT2D eigenvalue weighted by atomic mass is 10.2. The molecule has 134 valence electrons. The molecule has 0 saturated heterocycles. The minimum atomic E-state index is -3.90. The van der Waals surface area contributed by atoms with E-state index in [1.54, 1.807) is 0 Å². The second-order valence-electron chi connectivity index (χ2n) is 4.97. The molecule has 1 amide bonds. The first-order valence-electron chi connectivity index (χ1n) is 7.19. The van der Waals surface area contributed by atoms with Crippen LogP contribution in [0.5, 0.6) is 0 Å². The Hall–Kier alpha value is -2.36. The third kappa shape index (κ3) is 4.81. The van der Waals surface area contributed by atoms with Crippen LogP contribution in [0.15, 0.2) is 47.4 Å². The van der Waals surface area contributed by atoms with Gasteiger partial charge in [0.1, 0.15) is 11.6 Å². The number of ether oxygens (including phenoxy) is 1. The van der Waals surface area contributed by atoms with Crippen LogP contribution in [0.1, 0.15) is 10.4 Å². The number of sulfonamides is 1. The van der Waals surface area contributed by atoms with Gasteiger partial charge in [0.05, 0.1) is 22.8 Å². The van der Waals surface area contributed by atoms with E-state index in [4.69, 9.17) is 4.74 Å². The lowest BCUT2D eigenvalue weighted by Gasteiger charge is -2.10. The monoisotopic (exact) mass is 370 g/mol. The minimum Gasteiger partial charge on any atom is -0.383 e. The van der Waals surface area contributed by atoms with Gasteiger partial charge in [-0.2, -0.15) is 0 Å². The molecule has 2 aromatic carbocycles. The number of anilines is 1. The SMILES string of the molecule is COCCNS(=O)(=O)c1ccc(NC(=O)c2ccccc2F)c(F)c1. The molecule has 2 N–H and O–H groups in total. The molecule has 9 heteroatoms. The molecule has 6 nitrogen and oxygen atoms in total. The van der Waals surface area contributed by atoms with Gasteiger partial charge in [-0.25, -0.2) is 21.9 Å². The van der Waals surface area contributed by atoms with E-state index in [0.717, 1.165) is 24.3 Å². The average molecular weight is 370 g/mol. The molecule has 0 radical (unpaired) electrons. The van der Waals surface area contributed by atoms with Crippen LogP contribution in [0.4, 0.5) is 14.5 Å². The van der Waals surface area contributed by atoms with E-state index in [-0.39, 0.29) is 29.3 Å². The first-order valence-corrected chi connectivity index (χ1v) is 8.67. The van der Waals surface area contributed by atoms with Crippen LogP contribution in [0.25, 0.3) is 0 Å². The Morgan fingerprint density at radius 1 is 1.12 bits per heavy atom. The van der Waals surface area contributed by atoms with Crippen molar-refractivity contribution < 1.29 is 26.7 Å². The Bertz CT molecular complexity index is 872. The molecule has 0 unspecified atom stereocenters. The van der Waals surface area contributed by atoms with E-state index in [9.17, 15) is 22.0 Å². The largest absolute Gasteiger partial charge is 0.383 e. The first kappa shape index (κ1) is 19.0. The van der Waals surface area contributed by atoms with E-state index < -0.39 is 27.6 Å². The van der Waals surface area contributed by atoms with Crippen LogP contribution in [-0.4, -0.2) is 34.6 Å². The highest BCUT2D eigenvalue weighted by Gasteiger charge is 2.18. The van der Waals surface area contributed by atoms with Crippen molar-refractivity contribution in [1.82, 2.24) is 4.72 Å². The topological polar surface area (TPSA) is 84.5 Å². The van der Waals surface area contributed by atoms with Gasteiger partial charge >= 0.3 is 0 Å². The van der Waals surface area contributed by atoms with Crippen molar-refractivity contribution in [3.05, 3.63) is 59.7 Å². The molecule has 0 aliphatic carbocycles. The fourth-order valence-electron chi connectivity index (χ4n) is 1.96. The molecule has 0 aliphatic heterocycles. The summed E-state index contributed by atoms with van der Waals surface area (Å²) in [4.78, 5) is 11.7.